The lowest BCUT2D eigenvalue weighted by Gasteiger charge is -1.94. The predicted octanol–water partition coefficient (Wildman–Crippen LogP) is 0.417. The van der Waals surface area contributed by atoms with Crippen LogP contribution in [0.25, 0.3) is 0 Å². The van der Waals surface area contributed by atoms with Crippen molar-refractivity contribution in [2.24, 2.45) is 0 Å². The lowest BCUT2D eigenvalue weighted by atomic mass is 10.5. The van der Waals surface area contributed by atoms with Gasteiger partial charge in [0.25, 0.3) is 0 Å². The average Bonchev–Trinajstić information content (AvgIpc) is 1.85. The van der Waals surface area contributed by atoms with Gasteiger partial charge in [-0.25, -0.2) is 0 Å². The Morgan fingerprint density at radius 1 is 1.78 bits per heavy atom. The first-order valence-electron chi connectivity index (χ1n) is 2.51. The number of carbonyl (C=O) groups is 2. The van der Waals surface area contributed by atoms with Gasteiger partial charge in [-0.05, 0) is 0 Å². The van der Waals surface area contributed by atoms with Gasteiger partial charge in [-0.15, -0.1) is 0 Å². The Bertz CT molecular complexity index is 122. The molecule has 0 amide bonds. The fraction of sp³-hybridized carbons (Fsp3) is 0.333. The molecule has 0 unspecified atom stereocenters. The molecule has 0 radical (unpaired) electrons. The van der Waals surface area contributed by atoms with Crippen LogP contribution in [0, 0.1) is 0 Å². The molecule has 0 atom stereocenters. The molecule has 3 nitrogen and oxygen atoms in total. The molecular weight excluding hydrogens is 120 g/mol. The lowest BCUT2D eigenvalue weighted by Crippen LogP contribution is -2.03. The SMILES string of the molecule is C=CCOC(=O)CC=O.[H+]. The number of carbonyl (C=O) groups excluding carboxylic acids is 2. The third kappa shape index (κ3) is 4.74. The molecule has 0 aromatic rings. The van der Waals surface area contributed by atoms with Gasteiger partial charge < -0.3 is 9.53 Å². The van der Waals surface area contributed by atoms with Crippen LogP contribution in [-0.2, 0) is 14.3 Å². The van der Waals surface area contributed by atoms with E-state index in [1.807, 2.05) is 0 Å². The van der Waals surface area contributed by atoms with Crippen molar-refractivity contribution >= 4 is 12.3 Å². The van der Waals surface area contributed by atoms with Crippen LogP contribution in [0.1, 0.15) is 7.85 Å². The Hall–Kier alpha value is -1.12. The van der Waals surface area contributed by atoms with Crippen molar-refractivity contribution in [2.75, 3.05) is 6.61 Å². The number of hydrogen-bond donors (Lipinski definition) is 0. The molecule has 0 aromatic carbocycles. The van der Waals surface area contributed by atoms with Gasteiger partial charge in [0, 0.05) is 0 Å². The Labute approximate surface area is 54.8 Å². The summed E-state index contributed by atoms with van der Waals surface area (Å²) in [7, 11) is 0. The maximum absolute atomic E-state index is 10.3. The second-order valence-electron chi connectivity index (χ2n) is 1.34. The van der Waals surface area contributed by atoms with Crippen molar-refractivity contribution < 1.29 is 15.8 Å². The third-order valence-electron chi connectivity index (χ3n) is 0.612. The van der Waals surface area contributed by atoms with E-state index in [2.05, 4.69) is 11.3 Å². The van der Waals surface area contributed by atoms with E-state index in [0.29, 0.717) is 6.29 Å². The zero-order chi connectivity index (χ0) is 7.11. The van der Waals surface area contributed by atoms with Crippen LogP contribution < -0.4 is 0 Å². The van der Waals surface area contributed by atoms with E-state index in [4.69, 9.17) is 0 Å². The summed E-state index contributed by atoms with van der Waals surface area (Å²) in [5.74, 6) is -0.509. The highest BCUT2D eigenvalue weighted by atomic mass is 16.5. The molecule has 0 aromatic heterocycles. The normalized spacial score (nSPS) is 8.00. The standard InChI is InChI=1S/C6H8O3/c1-2-5-9-6(8)3-4-7/h2,4H,1,3,5H2/p+1. The number of ether oxygens (including phenoxy) is 1. The van der Waals surface area contributed by atoms with Gasteiger partial charge in [0.1, 0.15) is 19.3 Å². The smallest absolute Gasteiger partial charge is 0.461 e. The van der Waals surface area contributed by atoms with Crippen molar-refractivity contribution in [1.82, 2.24) is 0 Å². The third-order valence-corrected chi connectivity index (χ3v) is 0.612. The van der Waals surface area contributed by atoms with Crippen molar-refractivity contribution in [3.8, 4) is 0 Å². The van der Waals surface area contributed by atoms with Crippen molar-refractivity contribution in [3.05, 3.63) is 12.7 Å². The highest BCUT2D eigenvalue weighted by molar-refractivity contribution is 5.83. The molecule has 0 bridgehead atoms. The van der Waals surface area contributed by atoms with Gasteiger partial charge in [-0.1, -0.05) is 12.7 Å². The fourth-order valence-corrected chi connectivity index (χ4v) is 0.279. The van der Waals surface area contributed by atoms with E-state index < -0.39 is 5.97 Å². The molecule has 0 saturated carbocycles. The highest BCUT2D eigenvalue weighted by Gasteiger charge is 1.96. The van der Waals surface area contributed by atoms with Crippen LogP contribution in [0.15, 0.2) is 12.7 Å². The minimum absolute atomic E-state index is 0. The minimum Gasteiger partial charge on any atom is -0.461 e. The fourth-order valence-electron chi connectivity index (χ4n) is 0.279. The summed E-state index contributed by atoms with van der Waals surface area (Å²) in [6, 6.07) is 0. The molecule has 9 heavy (non-hydrogen) atoms. The molecule has 0 aliphatic heterocycles. The van der Waals surface area contributed by atoms with Crippen LogP contribution in [0.4, 0.5) is 0 Å². The molecular formula is C6H9O3+. The summed E-state index contributed by atoms with van der Waals surface area (Å²) in [4.78, 5) is 20.0. The van der Waals surface area contributed by atoms with Gasteiger partial charge >= 0.3 is 7.40 Å². The number of aldehydes is 1. The second-order valence-corrected chi connectivity index (χ2v) is 1.34. The van der Waals surface area contributed by atoms with Gasteiger partial charge in [0.05, 0.1) is 0 Å². The van der Waals surface area contributed by atoms with Crippen LogP contribution in [0.3, 0.4) is 0 Å². The first kappa shape index (κ1) is 7.88. The summed E-state index contributed by atoms with van der Waals surface area (Å²) < 4.78 is 4.44. The lowest BCUT2D eigenvalue weighted by molar-refractivity contribution is -0.143. The quantitative estimate of drug-likeness (QED) is 0.239. The predicted molar refractivity (Wildman–Crippen MR) is 32.9 cm³/mol. The summed E-state index contributed by atoms with van der Waals surface area (Å²) in [6.45, 7) is 3.50. The van der Waals surface area contributed by atoms with Gasteiger partial charge in [0.15, 0.2) is 0 Å². The molecule has 0 rings (SSSR count). The highest BCUT2D eigenvalue weighted by Crippen LogP contribution is 1.81. The maximum Gasteiger partial charge on any atom is 1.00 e. The molecule has 0 aliphatic carbocycles. The minimum atomic E-state index is -0.509. The van der Waals surface area contributed by atoms with Crippen molar-refractivity contribution in [2.45, 2.75) is 6.42 Å². The second kappa shape index (κ2) is 5.03. The maximum atomic E-state index is 10.3. The van der Waals surface area contributed by atoms with E-state index in [9.17, 15) is 9.59 Å². The summed E-state index contributed by atoms with van der Waals surface area (Å²) in [6.07, 6.45) is 1.78. The topological polar surface area (TPSA) is 43.4 Å². The molecule has 3 heteroatoms. The Morgan fingerprint density at radius 2 is 2.44 bits per heavy atom. The van der Waals surface area contributed by atoms with Crippen molar-refractivity contribution in [3.63, 3.8) is 0 Å². The van der Waals surface area contributed by atoms with E-state index >= 15 is 0 Å². The average molecular weight is 129 g/mol. The summed E-state index contributed by atoms with van der Waals surface area (Å²) in [5.41, 5.74) is 0. The molecule has 0 saturated heterocycles. The zero-order valence-corrected chi connectivity index (χ0v) is 5.00. The van der Waals surface area contributed by atoms with E-state index in [0.717, 1.165) is 0 Å². The van der Waals surface area contributed by atoms with E-state index in [1.54, 1.807) is 0 Å². The molecule has 0 aliphatic rings. The number of esters is 1. The number of rotatable bonds is 4. The Balaban J connectivity index is 0. The molecule has 0 heterocycles. The molecule has 0 spiro atoms. The molecule has 0 fully saturated rings. The van der Waals surface area contributed by atoms with Gasteiger partial charge in [-0.2, -0.15) is 0 Å². The first-order valence-corrected chi connectivity index (χ1v) is 2.51. The van der Waals surface area contributed by atoms with Crippen LogP contribution in [-0.4, -0.2) is 18.9 Å². The Morgan fingerprint density at radius 3 is 2.89 bits per heavy atom. The largest absolute Gasteiger partial charge is 1.00 e. The van der Waals surface area contributed by atoms with Gasteiger partial charge in [-0.3, -0.25) is 4.79 Å². The first-order chi connectivity index (χ1) is 4.31. The summed E-state index contributed by atoms with van der Waals surface area (Å²) >= 11 is 0. The number of hydrogen-bond acceptors (Lipinski definition) is 3. The van der Waals surface area contributed by atoms with Gasteiger partial charge in [0.2, 0.25) is 0 Å². The van der Waals surface area contributed by atoms with Crippen LogP contribution in [0.5, 0.6) is 0 Å². The van der Waals surface area contributed by atoms with E-state index in [-0.39, 0.29) is 14.5 Å². The summed E-state index contributed by atoms with van der Waals surface area (Å²) in [5, 5.41) is 0. The zero-order valence-electron chi connectivity index (χ0n) is 6.00. The van der Waals surface area contributed by atoms with Crippen LogP contribution >= 0.6 is 0 Å². The van der Waals surface area contributed by atoms with E-state index in [1.165, 1.54) is 6.08 Å². The Kier molecular flexibility index (Phi) is 4.40. The molecule has 50 valence electrons. The van der Waals surface area contributed by atoms with Crippen LogP contribution in [0.2, 0.25) is 0 Å². The molecule has 0 N–H and O–H groups in total. The monoisotopic (exact) mass is 129 g/mol. The van der Waals surface area contributed by atoms with Crippen molar-refractivity contribution in [1.29, 1.82) is 0 Å².